The first-order valence-corrected chi connectivity index (χ1v) is 3.62. The summed E-state index contributed by atoms with van der Waals surface area (Å²) in [5, 5.41) is 0. The molecule has 0 bridgehead atoms. The first-order chi connectivity index (χ1) is 5.86. The molecular weight excluding hydrogens is 146 g/mol. The van der Waals surface area contributed by atoms with E-state index in [4.69, 9.17) is 6.57 Å². The van der Waals surface area contributed by atoms with Crippen molar-refractivity contribution in [2.75, 3.05) is 0 Å². The van der Waals surface area contributed by atoms with Crippen molar-refractivity contribution in [1.82, 2.24) is 0 Å². The van der Waals surface area contributed by atoms with Gasteiger partial charge in [0, 0.05) is 0 Å². The van der Waals surface area contributed by atoms with Gasteiger partial charge in [0.2, 0.25) is 0 Å². The normalized spacial score (nSPS) is 9.58. The molecule has 0 saturated carbocycles. The summed E-state index contributed by atoms with van der Waals surface area (Å²) in [7, 11) is 0. The monoisotopic (exact) mass is 155 g/mol. The SMILES string of the molecule is [C-]#[N+]/C=C/c1cccc(C=C)c1. The average molecular weight is 155 g/mol. The molecule has 1 aromatic rings. The molecule has 0 atom stereocenters. The van der Waals surface area contributed by atoms with E-state index in [0.29, 0.717) is 0 Å². The van der Waals surface area contributed by atoms with Crippen LogP contribution in [0, 0.1) is 6.57 Å². The van der Waals surface area contributed by atoms with Crippen molar-refractivity contribution in [3.05, 3.63) is 59.6 Å². The topological polar surface area (TPSA) is 4.36 Å². The van der Waals surface area contributed by atoms with Gasteiger partial charge in [0.05, 0.1) is 6.57 Å². The van der Waals surface area contributed by atoms with Gasteiger partial charge >= 0.3 is 0 Å². The van der Waals surface area contributed by atoms with E-state index >= 15 is 0 Å². The molecule has 0 saturated heterocycles. The second kappa shape index (κ2) is 4.15. The highest BCUT2D eigenvalue weighted by atomic mass is 14.6. The first-order valence-electron chi connectivity index (χ1n) is 3.62. The van der Waals surface area contributed by atoms with Crippen LogP contribution in [0.4, 0.5) is 0 Å². The summed E-state index contributed by atoms with van der Waals surface area (Å²) in [6, 6.07) is 7.85. The third-order valence-corrected chi connectivity index (χ3v) is 1.49. The Bertz CT molecular complexity index is 342. The molecule has 0 radical (unpaired) electrons. The van der Waals surface area contributed by atoms with Crippen LogP contribution in [-0.2, 0) is 0 Å². The number of nitrogens with zero attached hydrogens (tertiary/aromatic N) is 1. The van der Waals surface area contributed by atoms with E-state index in [-0.39, 0.29) is 0 Å². The summed E-state index contributed by atoms with van der Waals surface area (Å²) >= 11 is 0. The van der Waals surface area contributed by atoms with Gasteiger partial charge in [-0.3, -0.25) is 0 Å². The predicted octanol–water partition coefficient (Wildman–Crippen LogP) is 3.22. The average Bonchev–Trinajstić information content (AvgIpc) is 2.15. The second-order valence-corrected chi connectivity index (χ2v) is 2.32. The molecule has 0 aromatic heterocycles. The van der Waals surface area contributed by atoms with E-state index in [1.54, 1.807) is 12.2 Å². The lowest BCUT2D eigenvalue weighted by atomic mass is 10.1. The minimum Gasteiger partial charge on any atom is -0.246 e. The van der Waals surface area contributed by atoms with Crippen molar-refractivity contribution in [1.29, 1.82) is 0 Å². The third kappa shape index (κ3) is 2.10. The smallest absolute Gasteiger partial charge is 0.154 e. The summed E-state index contributed by atoms with van der Waals surface area (Å²) in [6.45, 7) is 10.2. The molecule has 1 nitrogen and oxygen atoms in total. The van der Waals surface area contributed by atoms with Crippen LogP contribution in [0.15, 0.2) is 37.0 Å². The van der Waals surface area contributed by atoms with Gasteiger partial charge in [-0.15, -0.1) is 0 Å². The van der Waals surface area contributed by atoms with Crippen LogP contribution in [0.1, 0.15) is 11.1 Å². The Kier molecular flexibility index (Phi) is 2.87. The highest BCUT2D eigenvalue weighted by Gasteiger charge is 1.86. The number of rotatable bonds is 2. The standard InChI is InChI=1S/C11H9N/c1-3-10-5-4-6-11(9-10)7-8-12-2/h3-9H,1H2/b8-7+. The van der Waals surface area contributed by atoms with Crippen LogP contribution < -0.4 is 0 Å². The fraction of sp³-hybridized carbons (Fsp3) is 0. The minimum absolute atomic E-state index is 1.03. The van der Waals surface area contributed by atoms with Crippen LogP contribution in [0.25, 0.3) is 17.0 Å². The summed E-state index contributed by atoms with van der Waals surface area (Å²) in [5.41, 5.74) is 2.10. The molecule has 0 amide bonds. The van der Waals surface area contributed by atoms with Gasteiger partial charge in [0.15, 0.2) is 6.20 Å². The summed E-state index contributed by atoms with van der Waals surface area (Å²) < 4.78 is 0. The molecule has 58 valence electrons. The fourth-order valence-electron chi connectivity index (χ4n) is 0.913. The molecule has 0 spiro atoms. The summed E-state index contributed by atoms with van der Waals surface area (Å²) in [5.74, 6) is 0. The van der Waals surface area contributed by atoms with Gasteiger partial charge in [-0.25, -0.2) is 4.85 Å². The Balaban J connectivity index is 2.95. The van der Waals surface area contributed by atoms with Crippen molar-refractivity contribution in [3.63, 3.8) is 0 Å². The molecule has 0 aliphatic heterocycles. The van der Waals surface area contributed by atoms with Crippen LogP contribution in [0.3, 0.4) is 0 Å². The zero-order valence-corrected chi connectivity index (χ0v) is 6.70. The van der Waals surface area contributed by atoms with E-state index in [9.17, 15) is 0 Å². The molecule has 0 aliphatic rings. The lowest BCUT2D eigenvalue weighted by Gasteiger charge is -1.94. The van der Waals surface area contributed by atoms with E-state index in [1.165, 1.54) is 6.20 Å². The van der Waals surface area contributed by atoms with Crippen molar-refractivity contribution in [3.8, 4) is 0 Å². The highest BCUT2D eigenvalue weighted by molar-refractivity contribution is 5.57. The van der Waals surface area contributed by atoms with Gasteiger partial charge in [0.1, 0.15) is 0 Å². The maximum absolute atomic E-state index is 6.57. The van der Waals surface area contributed by atoms with Crippen LogP contribution in [0.5, 0.6) is 0 Å². The lowest BCUT2D eigenvalue weighted by molar-refractivity contribution is 1.62. The van der Waals surface area contributed by atoms with Crippen molar-refractivity contribution in [2.24, 2.45) is 0 Å². The quantitative estimate of drug-likeness (QED) is 0.577. The molecule has 0 heterocycles. The maximum atomic E-state index is 6.57. The number of benzene rings is 1. The lowest BCUT2D eigenvalue weighted by Crippen LogP contribution is -1.73. The first kappa shape index (κ1) is 8.29. The highest BCUT2D eigenvalue weighted by Crippen LogP contribution is 2.07. The minimum atomic E-state index is 1.03. The maximum Gasteiger partial charge on any atom is 0.154 e. The Hall–Kier alpha value is -1.81. The fourth-order valence-corrected chi connectivity index (χ4v) is 0.913. The van der Waals surface area contributed by atoms with Gasteiger partial charge in [-0.05, 0) is 17.2 Å². The molecule has 12 heavy (non-hydrogen) atoms. The third-order valence-electron chi connectivity index (χ3n) is 1.49. The number of hydrogen-bond donors (Lipinski definition) is 0. The molecule has 1 heteroatoms. The molecular formula is C11H9N. The Labute approximate surface area is 72.5 Å². The molecule has 0 N–H and O–H groups in total. The molecule has 0 unspecified atom stereocenters. The van der Waals surface area contributed by atoms with Crippen molar-refractivity contribution >= 4 is 12.2 Å². The van der Waals surface area contributed by atoms with E-state index in [2.05, 4.69) is 11.4 Å². The number of hydrogen-bond acceptors (Lipinski definition) is 0. The van der Waals surface area contributed by atoms with Crippen molar-refractivity contribution in [2.45, 2.75) is 0 Å². The predicted molar refractivity (Wildman–Crippen MR) is 52.2 cm³/mol. The zero-order valence-electron chi connectivity index (χ0n) is 6.70. The van der Waals surface area contributed by atoms with Crippen LogP contribution in [0.2, 0.25) is 0 Å². The second-order valence-electron chi connectivity index (χ2n) is 2.32. The van der Waals surface area contributed by atoms with Crippen LogP contribution in [-0.4, -0.2) is 0 Å². The van der Waals surface area contributed by atoms with E-state index in [0.717, 1.165) is 11.1 Å². The molecule has 1 rings (SSSR count). The Morgan fingerprint density at radius 3 is 2.75 bits per heavy atom. The summed E-state index contributed by atoms with van der Waals surface area (Å²) in [6.07, 6.45) is 5.01. The van der Waals surface area contributed by atoms with Crippen molar-refractivity contribution < 1.29 is 0 Å². The Morgan fingerprint density at radius 1 is 1.33 bits per heavy atom. The van der Waals surface area contributed by atoms with Gasteiger partial charge in [-0.2, -0.15) is 0 Å². The zero-order chi connectivity index (χ0) is 8.81. The Morgan fingerprint density at radius 2 is 2.08 bits per heavy atom. The van der Waals surface area contributed by atoms with E-state index in [1.807, 2.05) is 24.3 Å². The van der Waals surface area contributed by atoms with Crippen LogP contribution >= 0.6 is 0 Å². The molecule has 1 aromatic carbocycles. The largest absolute Gasteiger partial charge is 0.246 e. The molecule has 0 aliphatic carbocycles. The summed E-state index contributed by atoms with van der Waals surface area (Å²) in [4.78, 5) is 3.13. The van der Waals surface area contributed by atoms with E-state index < -0.39 is 0 Å². The van der Waals surface area contributed by atoms with Gasteiger partial charge < -0.3 is 0 Å². The van der Waals surface area contributed by atoms with Gasteiger partial charge in [-0.1, -0.05) is 36.9 Å². The molecule has 0 fully saturated rings. The van der Waals surface area contributed by atoms with Gasteiger partial charge in [0.25, 0.3) is 0 Å².